The molecule has 0 spiro atoms. The molecule has 0 atom stereocenters. The predicted molar refractivity (Wildman–Crippen MR) is 79.3 cm³/mol. The summed E-state index contributed by atoms with van der Waals surface area (Å²) >= 11 is 0. The molecule has 2 aromatic carbocycles. The number of carbonyl (C=O) groups is 1. The highest BCUT2D eigenvalue weighted by atomic mass is 16.1. The third-order valence-corrected chi connectivity index (χ3v) is 3.45. The molecule has 0 unspecified atom stereocenters. The molecule has 2 rings (SSSR count). The molecule has 0 fully saturated rings. The Morgan fingerprint density at radius 2 is 1.42 bits per heavy atom. The molecule has 2 heteroatoms. The van der Waals surface area contributed by atoms with E-state index >= 15 is 0 Å². The third-order valence-electron chi connectivity index (χ3n) is 3.45. The zero-order valence-corrected chi connectivity index (χ0v) is 11.6. The molecule has 0 radical (unpaired) electrons. The Balaban J connectivity index is 2.27. The molecule has 0 aliphatic carbocycles. The van der Waals surface area contributed by atoms with Crippen LogP contribution in [0.25, 0.3) is 11.1 Å². The van der Waals surface area contributed by atoms with Crippen molar-refractivity contribution in [3.63, 3.8) is 0 Å². The molecule has 0 aliphatic heterocycles. The van der Waals surface area contributed by atoms with E-state index in [4.69, 9.17) is 0 Å². The lowest BCUT2D eigenvalue weighted by molar-refractivity contribution is 0.0889. The maximum Gasteiger partial charge on any atom is 0.182 e. The average Bonchev–Trinajstić information content (AvgIpc) is 2.47. The number of benzene rings is 2. The highest BCUT2D eigenvalue weighted by Gasteiger charge is 2.26. The van der Waals surface area contributed by atoms with Crippen molar-refractivity contribution in [3.05, 3.63) is 60.2 Å². The van der Waals surface area contributed by atoms with Crippen LogP contribution in [0.5, 0.6) is 0 Å². The fourth-order valence-electron chi connectivity index (χ4n) is 1.92. The van der Waals surface area contributed by atoms with Gasteiger partial charge >= 0.3 is 0 Å². The zero-order chi connectivity index (χ0) is 13.9. The van der Waals surface area contributed by atoms with Gasteiger partial charge in [-0.05, 0) is 32.0 Å². The first kappa shape index (κ1) is 13.5. The van der Waals surface area contributed by atoms with Crippen molar-refractivity contribution < 1.29 is 4.79 Å². The van der Waals surface area contributed by atoms with Crippen LogP contribution in [-0.2, 0) is 0 Å². The van der Waals surface area contributed by atoms with Crippen molar-refractivity contribution >= 4 is 5.78 Å². The molecular weight excluding hydrogens is 234 g/mol. The van der Waals surface area contributed by atoms with E-state index in [0.717, 1.165) is 16.7 Å². The minimum absolute atomic E-state index is 0.106. The van der Waals surface area contributed by atoms with Crippen molar-refractivity contribution in [2.75, 3.05) is 7.05 Å². The number of hydrogen-bond donors (Lipinski definition) is 1. The quantitative estimate of drug-likeness (QED) is 0.844. The Labute approximate surface area is 114 Å². The Morgan fingerprint density at radius 1 is 0.895 bits per heavy atom. The lowest BCUT2D eigenvalue weighted by Gasteiger charge is -2.22. The van der Waals surface area contributed by atoms with Crippen LogP contribution < -0.4 is 5.32 Å². The fourth-order valence-corrected chi connectivity index (χ4v) is 1.92. The van der Waals surface area contributed by atoms with Crippen molar-refractivity contribution in [2.45, 2.75) is 19.4 Å². The molecule has 0 saturated carbocycles. The molecule has 0 bridgehead atoms. The zero-order valence-electron chi connectivity index (χ0n) is 11.6. The fraction of sp³-hybridized carbons (Fsp3) is 0.235. The minimum Gasteiger partial charge on any atom is -0.308 e. The van der Waals surface area contributed by atoms with Gasteiger partial charge in [-0.2, -0.15) is 0 Å². The number of carbonyl (C=O) groups excluding carboxylic acids is 1. The normalized spacial score (nSPS) is 11.3. The van der Waals surface area contributed by atoms with Gasteiger partial charge in [0.25, 0.3) is 0 Å². The standard InChI is InChI=1S/C17H19NO/c1-17(2,18-3)16(19)15-11-9-14(10-12-15)13-7-5-4-6-8-13/h4-12,18H,1-3H3. The number of hydrogen-bond acceptors (Lipinski definition) is 2. The van der Waals surface area contributed by atoms with Crippen molar-refractivity contribution in [1.29, 1.82) is 0 Å². The van der Waals surface area contributed by atoms with E-state index in [2.05, 4.69) is 17.4 Å². The molecule has 0 aliphatic rings. The second-order valence-corrected chi connectivity index (χ2v) is 5.15. The highest BCUT2D eigenvalue weighted by Crippen LogP contribution is 2.21. The van der Waals surface area contributed by atoms with Crippen LogP contribution in [-0.4, -0.2) is 18.4 Å². The van der Waals surface area contributed by atoms with Crippen LogP contribution in [0.4, 0.5) is 0 Å². The molecule has 0 aromatic heterocycles. The molecule has 1 N–H and O–H groups in total. The lowest BCUT2D eigenvalue weighted by Crippen LogP contribution is -2.44. The summed E-state index contributed by atoms with van der Waals surface area (Å²) in [5.41, 5.74) is 2.49. The Morgan fingerprint density at radius 3 is 1.95 bits per heavy atom. The van der Waals surface area contributed by atoms with Crippen LogP contribution in [0.1, 0.15) is 24.2 Å². The van der Waals surface area contributed by atoms with E-state index in [0.29, 0.717) is 0 Å². The van der Waals surface area contributed by atoms with E-state index in [1.807, 2.05) is 56.3 Å². The summed E-state index contributed by atoms with van der Waals surface area (Å²) in [4.78, 5) is 12.3. The topological polar surface area (TPSA) is 29.1 Å². The van der Waals surface area contributed by atoms with Crippen LogP contribution in [0, 0.1) is 0 Å². The van der Waals surface area contributed by atoms with Crippen molar-refractivity contribution in [2.24, 2.45) is 0 Å². The molecule has 19 heavy (non-hydrogen) atoms. The van der Waals surface area contributed by atoms with E-state index in [-0.39, 0.29) is 5.78 Å². The second kappa shape index (κ2) is 5.37. The number of rotatable bonds is 4. The summed E-state index contributed by atoms with van der Waals surface area (Å²) < 4.78 is 0. The van der Waals surface area contributed by atoms with Gasteiger partial charge in [0.15, 0.2) is 5.78 Å². The molecule has 0 heterocycles. The third kappa shape index (κ3) is 2.91. The molecule has 0 saturated heterocycles. The van der Waals surface area contributed by atoms with Crippen LogP contribution in [0.2, 0.25) is 0 Å². The van der Waals surface area contributed by atoms with Gasteiger partial charge in [0.1, 0.15) is 0 Å². The van der Waals surface area contributed by atoms with Gasteiger partial charge in [0, 0.05) is 5.56 Å². The molecule has 2 nitrogen and oxygen atoms in total. The summed E-state index contributed by atoms with van der Waals surface area (Å²) in [5, 5.41) is 3.04. The summed E-state index contributed by atoms with van der Waals surface area (Å²) in [6, 6.07) is 17.9. The number of nitrogens with one attached hydrogen (secondary N) is 1. The van der Waals surface area contributed by atoms with Crippen molar-refractivity contribution in [3.8, 4) is 11.1 Å². The summed E-state index contributed by atoms with van der Waals surface area (Å²) in [5.74, 6) is 0.106. The van der Waals surface area contributed by atoms with Crippen molar-refractivity contribution in [1.82, 2.24) is 5.32 Å². The van der Waals surface area contributed by atoms with Gasteiger partial charge in [-0.1, -0.05) is 54.6 Å². The van der Waals surface area contributed by atoms with Crippen LogP contribution >= 0.6 is 0 Å². The van der Waals surface area contributed by atoms with E-state index in [9.17, 15) is 4.79 Å². The first-order valence-electron chi connectivity index (χ1n) is 6.44. The largest absolute Gasteiger partial charge is 0.308 e. The Hall–Kier alpha value is -1.93. The Kier molecular flexibility index (Phi) is 3.82. The second-order valence-electron chi connectivity index (χ2n) is 5.15. The summed E-state index contributed by atoms with van der Waals surface area (Å²) in [6.45, 7) is 3.78. The highest BCUT2D eigenvalue weighted by molar-refractivity contribution is 6.02. The molecule has 2 aromatic rings. The lowest BCUT2D eigenvalue weighted by atomic mass is 9.92. The molecule has 0 amide bonds. The predicted octanol–water partition coefficient (Wildman–Crippen LogP) is 3.53. The smallest absolute Gasteiger partial charge is 0.182 e. The molecule has 98 valence electrons. The first-order valence-corrected chi connectivity index (χ1v) is 6.44. The van der Waals surface area contributed by atoms with Gasteiger partial charge < -0.3 is 5.32 Å². The van der Waals surface area contributed by atoms with E-state index in [1.54, 1.807) is 7.05 Å². The maximum atomic E-state index is 12.3. The van der Waals surface area contributed by atoms with Gasteiger partial charge in [0.05, 0.1) is 5.54 Å². The van der Waals surface area contributed by atoms with E-state index in [1.165, 1.54) is 0 Å². The monoisotopic (exact) mass is 253 g/mol. The minimum atomic E-state index is -0.533. The first-order chi connectivity index (χ1) is 9.04. The average molecular weight is 253 g/mol. The van der Waals surface area contributed by atoms with Gasteiger partial charge in [-0.3, -0.25) is 4.79 Å². The summed E-state index contributed by atoms with van der Waals surface area (Å²) in [6.07, 6.45) is 0. The van der Waals surface area contributed by atoms with Crippen LogP contribution in [0.15, 0.2) is 54.6 Å². The Bertz CT molecular complexity index is 556. The number of ketones is 1. The summed E-state index contributed by atoms with van der Waals surface area (Å²) in [7, 11) is 1.80. The van der Waals surface area contributed by atoms with E-state index < -0.39 is 5.54 Å². The number of likely N-dealkylation sites (N-methyl/N-ethyl adjacent to an activating group) is 1. The van der Waals surface area contributed by atoms with Gasteiger partial charge in [-0.25, -0.2) is 0 Å². The van der Waals surface area contributed by atoms with Gasteiger partial charge in [0.2, 0.25) is 0 Å². The number of Topliss-reactive ketones (excluding diaryl/α,β-unsaturated/α-hetero) is 1. The maximum absolute atomic E-state index is 12.3. The van der Waals surface area contributed by atoms with Crippen LogP contribution in [0.3, 0.4) is 0 Å². The SMILES string of the molecule is CNC(C)(C)C(=O)c1ccc(-c2ccccc2)cc1. The van der Waals surface area contributed by atoms with Gasteiger partial charge in [-0.15, -0.1) is 0 Å². The molecular formula is C17H19NO.